The maximum atomic E-state index is 9.98. The van der Waals surface area contributed by atoms with E-state index in [1.807, 2.05) is 0 Å². The number of rotatable bonds is 1. The molecule has 3 heteroatoms. The fraction of sp³-hybridized carbons (Fsp3) is 0.429. The van der Waals surface area contributed by atoms with Gasteiger partial charge >= 0.3 is 17.1 Å². The van der Waals surface area contributed by atoms with Gasteiger partial charge in [0.2, 0.25) is 0 Å². The van der Waals surface area contributed by atoms with Crippen molar-refractivity contribution in [2.24, 2.45) is 0 Å². The van der Waals surface area contributed by atoms with Gasteiger partial charge in [-0.05, 0) is 13.0 Å². The molecule has 0 aromatic heterocycles. The third-order valence-corrected chi connectivity index (χ3v) is 0.407. The molecule has 0 rings (SSSR count). The van der Waals surface area contributed by atoms with Crippen LogP contribution in [0.1, 0.15) is 20.8 Å². The summed E-state index contributed by atoms with van der Waals surface area (Å²) in [5, 5.41) is 9.98. The van der Waals surface area contributed by atoms with Gasteiger partial charge in [-0.1, -0.05) is 6.92 Å². The molecular formula is C7H12CuO2-. The molecule has 0 fully saturated rings. The Hall–Kier alpha value is -0.271. The zero-order chi connectivity index (χ0) is 7.86. The summed E-state index contributed by atoms with van der Waals surface area (Å²) in [6.07, 6.45) is 1.06. The van der Waals surface area contributed by atoms with E-state index in [2.05, 4.69) is 6.92 Å². The molecular weight excluding hydrogens is 180 g/mol. The van der Waals surface area contributed by atoms with Crippen LogP contribution in [0.2, 0.25) is 0 Å². The van der Waals surface area contributed by atoms with Crippen molar-refractivity contribution in [2.45, 2.75) is 20.8 Å². The molecule has 2 nitrogen and oxygen atoms in total. The van der Waals surface area contributed by atoms with Crippen LogP contribution in [0.4, 0.5) is 0 Å². The minimum Gasteiger partial charge on any atom is -0.876 e. The standard InChI is InChI=1S/C5H8O2.C2H5.Cu/c1-4(6)3-5(2)7;1-2;/h3,6H,1-2H3;1H2,2H3;/q;-1;+1/p-1/b4-3-;;. The average Bonchev–Trinajstić information content (AvgIpc) is 1.68. The van der Waals surface area contributed by atoms with Crippen molar-refractivity contribution in [3.8, 4) is 0 Å². The molecule has 0 bridgehead atoms. The summed E-state index contributed by atoms with van der Waals surface area (Å²) in [6, 6.07) is 0. The smallest absolute Gasteiger partial charge is 0.876 e. The van der Waals surface area contributed by atoms with Gasteiger partial charge in [0.15, 0.2) is 5.78 Å². The molecule has 0 radical (unpaired) electrons. The maximum Gasteiger partial charge on any atom is 1.00 e. The summed E-state index contributed by atoms with van der Waals surface area (Å²) in [4.78, 5) is 9.98. The van der Waals surface area contributed by atoms with Gasteiger partial charge in [-0.15, -0.1) is 5.76 Å². The first-order valence-electron chi connectivity index (χ1n) is 2.69. The van der Waals surface area contributed by atoms with Gasteiger partial charge in [-0.3, -0.25) is 4.79 Å². The van der Waals surface area contributed by atoms with Gasteiger partial charge in [0, 0.05) is 0 Å². The van der Waals surface area contributed by atoms with Crippen LogP contribution in [0.25, 0.3) is 0 Å². The zero-order valence-electron chi connectivity index (χ0n) is 6.40. The molecule has 0 atom stereocenters. The van der Waals surface area contributed by atoms with Crippen molar-refractivity contribution < 1.29 is 27.0 Å². The van der Waals surface area contributed by atoms with Gasteiger partial charge in [-0.2, -0.15) is 6.92 Å². The van der Waals surface area contributed by atoms with E-state index in [4.69, 9.17) is 0 Å². The Morgan fingerprint density at radius 2 is 1.70 bits per heavy atom. The Kier molecular flexibility index (Phi) is 18.9. The van der Waals surface area contributed by atoms with Crippen molar-refractivity contribution >= 4 is 5.78 Å². The normalized spacial score (nSPS) is 8.60. The van der Waals surface area contributed by atoms with Crippen LogP contribution in [-0.2, 0) is 21.9 Å². The summed E-state index contributed by atoms with van der Waals surface area (Å²) in [7, 11) is 0. The van der Waals surface area contributed by atoms with Gasteiger partial charge in [0.05, 0.1) is 0 Å². The molecule has 0 saturated heterocycles. The summed E-state index contributed by atoms with van der Waals surface area (Å²) < 4.78 is 0. The molecule has 0 aromatic carbocycles. The molecule has 0 spiro atoms. The fourth-order valence-electron chi connectivity index (χ4n) is 0.286. The summed E-state index contributed by atoms with van der Waals surface area (Å²) >= 11 is 0. The van der Waals surface area contributed by atoms with Crippen LogP contribution in [0.5, 0.6) is 0 Å². The Labute approximate surface area is 72.8 Å². The van der Waals surface area contributed by atoms with E-state index in [1.165, 1.54) is 13.8 Å². The summed E-state index contributed by atoms with van der Waals surface area (Å²) in [5.41, 5.74) is 0. The molecule has 64 valence electrons. The van der Waals surface area contributed by atoms with E-state index < -0.39 is 0 Å². The quantitative estimate of drug-likeness (QED) is 0.265. The monoisotopic (exact) mass is 191 g/mol. The molecule has 0 N–H and O–H groups in total. The molecule has 0 aromatic rings. The number of carbonyl (C=O) groups is 1. The Morgan fingerprint density at radius 3 is 1.70 bits per heavy atom. The first-order valence-corrected chi connectivity index (χ1v) is 2.69. The van der Waals surface area contributed by atoms with Crippen LogP contribution in [0.15, 0.2) is 11.8 Å². The van der Waals surface area contributed by atoms with E-state index in [9.17, 15) is 9.90 Å². The second-order valence-electron chi connectivity index (χ2n) is 1.37. The predicted octanol–water partition coefficient (Wildman–Crippen LogP) is 0.677. The van der Waals surface area contributed by atoms with Crippen molar-refractivity contribution in [1.82, 2.24) is 0 Å². The van der Waals surface area contributed by atoms with E-state index in [0.717, 1.165) is 6.08 Å². The number of carbonyl (C=O) groups excluding carboxylic acids is 1. The molecule has 0 saturated carbocycles. The minimum absolute atomic E-state index is 0. The van der Waals surface area contributed by atoms with Gasteiger partial charge in [0.1, 0.15) is 0 Å². The summed E-state index contributed by atoms with van der Waals surface area (Å²) in [6.45, 7) is 7.70. The largest absolute Gasteiger partial charge is 1.00 e. The molecule has 10 heavy (non-hydrogen) atoms. The SMILES string of the molecule is CC(=O)/C=C(/C)[O-].[CH2-]C.[Cu+]. The van der Waals surface area contributed by atoms with Crippen LogP contribution in [0.3, 0.4) is 0 Å². The van der Waals surface area contributed by atoms with E-state index in [0.29, 0.717) is 0 Å². The first-order chi connectivity index (χ1) is 4.13. The predicted molar refractivity (Wildman–Crippen MR) is 35.5 cm³/mol. The second-order valence-corrected chi connectivity index (χ2v) is 1.37. The number of hydrogen-bond acceptors (Lipinski definition) is 2. The van der Waals surface area contributed by atoms with Crippen molar-refractivity contribution in [1.29, 1.82) is 0 Å². The fourth-order valence-corrected chi connectivity index (χ4v) is 0.286. The molecule has 0 unspecified atom stereocenters. The topological polar surface area (TPSA) is 40.1 Å². The Balaban J connectivity index is -0.000000149. The Morgan fingerprint density at radius 1 is 1.40 bits per heavy atom. The number of ketones is 1. The first kappa shape index (κ1) is 16.4. The molecule has 0 aliphatic heterocycles. The minimum atomic E-state index is -0.187. The third kappa shape index (κ3) is 25.2. The Bertz CT molecular complexity index is 104. The van der Waals surface area contributed by atoms with Crippen molar-refractivity contribution in [3.05, 3.63) is 18.8 Å². The summed E-state index contributed by atoms with van der Waals surface area (Å²) in [5.74, 6) is -0.375. The van der Waals surface area contributed by atoms with E-state index in [1.54, 1.807) is 6.92 Å². The van der Waals surface area contributed by atoms with E-state index in [-0.39, 0.29) is 28.6 Å². The van der Waals surface area contributed by atoms with E-state index >= 15 is 0 Å². The van der Waals surface area contributed by atoms with Gasteiger partial charge in [-0.25, -0.2) is 0 Å². The average molecular weight is 192 g/mol. The van der Waals surface area contributed by atoms with Gasteiger partial charge in [0.25, 0.3) is 0 Å². The van der Waals surface area contributed by atoms with Crippen LogP contribution in [-0.4, -0.2) is 5.78 Å². The molecule has 0 aliphatic rings. The second kappa shape index (κ2) is 11.5. The zero-order valence-corrected chi connectivity index (χ0v) is 7.34. The van der Waals surface area contributed by atoms with Crippen LogP contribution in [0, 0.1) is 6.92 Å². The van der Waals surface area contributed by atoms with Crippen LogP contribution < -0.4 is 5.11 Å². The molecule has 0 amide bonds. The maximum absolute atomic E-state index is 9.98. The van der Waals surface area contributed by atoms with Gasteiger partial charge < -0.3 is 12.0 Å². The number of hydrogen-bond donors (Lipinski definition) is 0. The molecule has 0 heterocycles. The van der Waals surface area contributed by atoms with Crippen molar-refractivity contribution in [2.75, 3.05) is 0 Å². The molecule has 0 aliphatic carbocycles. The third-order valence-electron chi connectivity index (χ3n) is 0.407. The number of allylic oxidation sites excluding steroid dienone is 2. The van der Waals surface area contributed by atoms with Crippen LogP contribution >= 0.6 is 0 Å². The van der Waals surface area contributed by atoms with Crippen molar-refractivity contribution in [3.63, 3.8) is 0 Å².